The maximum atomic E-state index is 11.7. The van der Waals surface area contributed by atoms with Crippen LogP contribution in [0.1, 0.15) is 20.3 Å². The third kappa shape index (κ3) is 4.61. The minimum absolute atomic E-state index is 0.0471. The monoisotopic (exact) mass is 242 g/mol. The van der Waals surface area contributed by atoms with Gasteiger partial charge in [-0.15, -0.1) is 0 Å². The first-order valence-electron chi connectivity index (χ1n) is 6.44. The lowest BCUT2D eigenvalue weighted by atomic mass is 10.00. The summed E-state index contributed by atoms with van der Waals surface area (Å²) in [6, 6.07) is 0. The summed E-state index contributed by atoms with van der Waals surface area (Å²) in [5.41, 5.74) is 5.13. The van der Waals surface area contributed by atoms with Gasteiger partial charge in [0, 0.05) is 39.3 Å². The van der Waals surface area contributed by atoms with Crippen LogP contribution in [0.15, 0.2) is 0 Å². The van der Waals surface area contributed by atoms with E-state index in [1.54, 1.807) is 6.92 Å². The zero-order valence-corrected chi connectivity index (χ0v) is 11.3. The predicted octanol–water partition coefficient (Wildman–Crippen LogP) is -0.523. The average molecular weight is 242 g/mol. The van der Waals surface area contributed by atoms with Crippen molar-refractivity contribution in [2.75, 3.05) is 46.3 Å². The Morgan fingerprint density at radius 1 is 1.35 bits per heavy atom. The molecule has 1 fully saturated rings. The van der Waals surface area contributed by atoms with Crippen molar-refractivity contribution >= 4 is 5.91 Å². The summed E-state index contributed by atoms with van der Waals surface area (Å²) < 4.78 is 0. The van der Waals surface area contributed by atoms with Gasteiger partial charge >= 0.3 is 0 Å². The van der Waals surface area contributed by atoms with Crippen molar-refractivity contribution in [1.29, 1.82) is 0 Å². The molecule has 1 atom stereocenters. The SMILES string of the molecule is CCC(C)(N)C(=O)NCCN1CCN(C)CC1. The number of likely N-dealkylation sites (N-methyl/N-ethyl adjacent to an activating group) is 1. The molecule has 0 radical (unpaired) electrons. The van der Waals surface area contributed by atoms with E-state index < -0.39 is 5.54 Å². The van der Waals surface area contributed by atoms with Crippen molar-refractivity contribution in [3.05, 3.63) is 0 Å². The smallest absolute Gasteiger partial charge is 0.239 e. The van der Waals surface area contributed by atoms with Crippen LogP contribution < -0.4 is 11.1 Å². The van der Waals surface area contributed by atoms with Crippen LogP contribution in [-0.4, -0.2) is 67.6 Å². The molecule has 1 aliphatic rings. The molecular formula is C12H26N4O. The number of hydrogen-bond acceptors (Lipinski definition) is 4. The first-order valence-corrected chi connectivity index (χ1v) is 6.44. The molecule has 0 bridgehead atoms. The first-order chi connectivity index (χ1) is 7.95. The largest absolute Gasteiger partial charge is 0.353 e. The normalized spacial score (nSPS) is 22.1. The number of piperazine rings is 1. The number of nitrogens with zero attached hydrogens (tertiary/aromatic N) is 2. The lowest BCUT2D eigenvalue weighted by Gasteiger charge is -2.32. The summed E-state index contributed by atoms with van der Waals surface area (Å²) in [6.45, 7) is 9.70. The van der Waals surface area contributed by atoms with Crippen LogP contribution in [0.3, 0.4) is 0 Å². The quantitative estimate of drug-likeness (QED) is 0.681. The summed E-state index contributed by atoms with van der Waals surface area (Å²) in [6.07, 6.45) is 0.660. The molecule has 17 heavy (non-hydrogen) atoms. The van der Waals surface area contributed by atoms with Crippen LogP contribution in [0.5, 0.6) is 0 Å². The van der Waals surface area contributed by atoms with Gasteiger partial charge in [-0.25, -0.2) is 0 Å². The second-order valence-corrected chi connectivity index (χ2v) is 5.17. The highest BCUT2D eigenvalue weighted by Gasteiger charge is 2.25. The van der Waals surface area contributed by atoms with Gasteiger partial charge in [-0.05, 0) is 20.4 Å². The van der Waals surface area contributed by atoms with Gasteiger partial charge in [0.15, 0.2) is 0 Å². The number of nitrogens with one attached hydrogen (secondary N) is 1. The van der Waals surface area contributed by atoms with Gasteiger partial charge in [0.1, 0.15) is 0 Å². The molecule has 1 saturated heterocycles. The number of amides is 1. The number of hydrogen-bond donors (Lipinski definition) is 2. The summed E-state index contributed by atoms with van der Waals surface area (Å²) in [5, 5.41) is 2.91. The molecule has 100 valence electrons. The maximum Gasteiger partial charge on any atom is 0.239 e. The number of nitrogens with two attached hydrogens (primary N) is 1. The summed E-state index contributed by atoms with van der Waals surface area (Å²) >= 11 is 0. The van der Waals surface area contributed by atoms with E-state index in [-0.39, 0.29) is 5.91 Å². The molecule has 0 saturated carbocycles. The Bertz CT molecular complexity index is 247. The van der Waals surface area contributed by atoms with Crippen molar-refractivity contribution in [3.63, 3.8) is 0 Å². The highest BCUT2D eigenvalue weighted by atomic mass is 16.2. The molecule has 3 N–H and O–H groups in total. The third-order valence-electron chi connectivity index (χ3n) is 3.56. The lowest BCUT2D eigenvalue weighted by Crippen LogP contribution is -2.53. The summed E-state index contributed by atoms with van der Waals surface area (Å²) in [5.74, 6) is -0.0471. The minimum atomic E-state index is -0.734. The molecule has 0 aromatic rings. The van der Waals surface area contributed by atoms with E-state index in [4.69, 9.17) is 5.73 Å². The number of rotatable bonds is 5. The van der Waals surface area contributed by atoms with E-state index in [0.29, 0.717) is 13.0 Å². The van der Waals surface area contributed by atoms with Gasteiger partial charge < -0.3 is 16.0 Å². The van der Waals surface area contributed by atoms with Crippen molar-refractivity contribution in [2.24, 2.45) is 5.73 Å². The van der Waals surface area contributed by atoms with Gasteiger partial charge in [0.05, 0.1) is 5.54 Å². The highest BCUT2D eigenvalue weighted by Crippen LogP contribution is 2.04. The van der Waals surface area contributed by atoms with Crippen LogP contribution in [-0.2, 0) is 4.79 Å². The topological polar surface area (TPSA) is 61.6 Å². The molecular weight excluding hydrogens is 216 g/mol. The lowest BCUT2D eigenvalue weighted by molar-refractivity contribution is -0.125. The molecule has 0 aromatic heterocycles. The molecule has 0 aromatic carbocycles. The molecule has 5 nitrogen and oxygen atoms in total. The first kappa shape index (κ1) is 14.4. The average Bonchev–Trinajstić information content (AvgIpc) is 2.31. The van der Waals surface area contributed by atoms with Gasteiger partial charge in [0.2, 0.25) is 5.91 Å². The van der Waals surface area contributed by atoms with E-state index in [1.165, 1.54) is 0 Å². The second-order valence-electron chi connectivity index (χ2n) is 5.17. The Labute approximate surface area is 104 Å². The molecule has 5 heteroatoms. The number of carbonyl (C=O) groups excluding carboxylic acids is 1. The van der Waals surface area contributed by atoms with Crippen molar-refractivity contribution in [1.82, 2.24) is 15.1 Å². The molecule has 0 aliphatic carbocycles. The van der Waals surface area contributed by atoms with Crippen molar-refractivity contribution in [3.8, 4) is 0 Å². The van der Waals surface area contributed by atoms with Crippen LogP contribution in [0.4, 0.5) is 0 Å². The van der Waals surface area contributed by atoms with Crippen LogP contribution in [0.2, 0.25) is 0 Å². The Balaban J connectivity index is 2.18. The number of carbonyl (C=O) groups is 1. The van der Waals surface area contributed by atoms with Crippen LogP contribution >= 0.6 is 0 Å². The Kier molecular flexibility index (Phi) is 5.36. The molecule has 1 heterocycles. The van der Waals surface area contributed by atoms with E-state index in [1.807, 2.05) is 6.92 Å². The summed E-state index contributed by atoms with van der Waals surface area (Å²) in [4.78, 5) is 16.4. The maximum absolute atomic E-state index is 11.7. The van der Waals surface area contributed by atoms with Gasteiger partial charge in [-0.1, -0.05) is 6.92 Å². The van der Waals surface area contributed by atoms with E-state index in [0.717, 1.165) is 32.7 Å². The fourth-order valence-corrected chi connectivity index (χ4v) is 1.76. The fourth-order valence-electron chi connectivity index (χ4n) is 1.76. The Morgan fingerprint density at radius 2 is 1.94 bits per heavy atom. The molecule has 1 unspecified atom stereocenters. The Morgan fingerprint density at radius 3 is 2.47 bits per heavy atom. The highest BCUT2D eigenvalue weighted by molar-refractivity contribution is 5.85. The molecule has 1 aliphatic heterocycles. The molecule has 1 rings (SSSR count). The van der Waals surface area contributed by atoms with E-state index in [2.05, 4.69) is 22.2 Å². The molecule has 1 amide bonds. The van der Waals surface area contributed by atoms with Crippen molar-refractivity contribution < 1.29 is 4.79 Å². The van der Waals surface area contributed by atoms with Crippen LogP contribution in [0, 0.1) is 0 Å². The van der Waals surface area contributed by atoms with E-state index >= 15 is 0 Å². The predicted molar refractivity (Wildman–Crippen MR) is 69.8 cm³/mol. The van der Waals surface area contributed by atoms with Gasteiger partial charge in [-0.2, -0.15) is 0 Å². The van der Waals surface area contributed by atoms with Gasteiger partial charge in [0.25, 0.3) is 0 Å². The van der Waals surface area contributed by atoms with E-state index in [9.17, 15) is 4.79 Å². The minimum Gasteiger partial charge on any atom is -0.353 e. The zero-order chi connectivity index (χ0) is 12.9. The van der Waals surface area contributed by atoms with Gasteiger partial charge in [-0.3, -0.25) is 9.69 Å². The standard InChI is InChI=1S/C12H26N4O/c1-4-12(2,13)11(17)14-5-6-16-9-7-15(3)8-10-16/h4-10,13H2,1-3H3,(H,14,17). The fraction of sp³-hybridized carbons (Fsp3) is 0.917. The second kappa shape index (κ2) is 6.33. The third-order valence-corrected chi connectivity index (χ3v) is 3.56. The van der Waals surface area contributed by atoms with Crippen molar-refractivity contribution in [2.45, 2.75) is 25.8 Å². The zero-order valence-electron chi connectivity index (χ0n) is 11.3. The summed E-state index contributed by atoms with van der Waals surface area (Å²) in [7, 11) is 2.14. The van der Waals surface area contributed by atoms with Crippen LogP contribution in [0.25, 0.3) is 0 Å². The Hall–Kier alpha value is -0.650. The molecule has 0 spiro atoms.